The molecule has 21 heteroatoms. The molecule has 223 valence electrons. The number of nitrogen functional groups attached to an aromatic ring is 2. The summed E-state index contributed by atoms with van der Waals surface area (Å²) in [7, 11) is -9.78. The molecule has 5 rings (SSSR count). The van der Waals surface area contributed by atoms with Crippen LogP contribution in [0.3, 0.4) is 0 Å². The van der Waals surface area contributed by atoms with Crippen LogP contribution in [0.1, 0.15) is 18.9 Å². The van der Waals surface area contributed by atoms with Crippen LogP contribution in [-0.2, 0) is 32.2 Å². The van der Waals surface area contributed by atoms with Crippen LogP contribution >= 0.6 is 15.6 Å². The predicted molar refractivity (Wildman–Crippen MR) is 136 cm³/mol. The van der Waals surface area contributed by atoms with Gasteiger partial charge >= 0.3 is 15.6 Å². The number of hydrogen-bond donors (Lipinski definition) is 6. The van der Waals surface area contributed by atoms with Crippen molar-refractivity contribution in [2.75, 3.05) is 24.7 Å². The largest absolute Gasteiger partial charge is 0.472 e. The van der Waals surface area contributed by atoms with Gasteiger partial charge in [0, 0.05) is 30.8 Å². The van der Waals surface area contributed by atoms with Crippen molar-refractivity contribution in [2.45, 2.75) is 43.3 Å². The van der Waals surface area contributed by atoms with E-state index in [-0.39, 0.29) is 17.9 Å². The minimum Gasteiger partial charge on any atom is -0.399 e. The summed E-state index contributed by atoms with van der Waals surface area (Å²) in [6.07, 6.45) is -1.69. The molecule has 2 aliphatic heterocycles. The molecule has 0 bridgehead atoms. The van der Waals surface area contributed by atoms with E-state index >= 15 is 0 Å². The van der Waals surface area contributed by atoms with Crippen LogP contribution in [0.5, 0.6) is 0 Å². The fourth-order valence-corrected chi connectivity index (χ4v) is 5.72. The Hall–Kier alpha value is -2.80. The number of imidazole rings is 1. The molecular formula is C20H26N7O12P2. The second kappa shape index (κ2) is 11.5. The molecule has 0 amide bonds. The van der Waals surface area contributed by atoms with Crippen molar-refractivity contribution in [3.05, 3.63) is 47.8 Å². The van der Waals surface area contributed by atoms with Crippen LogP contribution in [0.15, 0.2) is 35.8 Å². The average molecular weight is 618 g/mol. The molecular weight excluding hydrogens is 592 g/mol. The lowest BCUT2D eigenvalue weighted by atomic mass is 10.2. The number of aliphatic hydroxyl groups excluding tert-OH is 1. The van der Waals surface area contributed by atoms with E-state index in [9.17, 15) is 23.9 Å². The summed E-state index contributed by atoms with van der Waals surface area (Å²) in [5.41, 5.74) is 11.6. The molecule has 0 aromatic carbocycles. The van der Waals surface area contributed by atoms with E-state index in [4.69, 9.17) is 39.8 Å². The monoisotopic (exact) mass is 618 g/mol. The van der Waals surface area contributed by atoms with Crippen LogP contribution in [0.4, 0.5) is 11.5 Å². The maximum atomic E-state index is 12.8. The van der Waals surface area contributed by atoms with Gasteiger partial charge in [-0.3, -0.25) is 27.5 Å². The highest BCUT2D eigenvalue weighted by atomic mass is 31.2. The Morgan fingerprint density at radius 3 is 2.59 bits per heavy atom. The fraction of sp³-hybridized carbons (Fsp3) is 0.450. The lowest BCUT2D eigenvalue weighted by Crippen LogP contribution is -2.29. The molecule has 7 atom stereocenters. The van der Waals surface area contributed by atoms with E-state index in [0.717, 1.165) is 10.6 Å². The lowest BCUT2D eigenvalue weighted by molar-refractivity contribution is -0.0557. The van der Waals surface area contributed by atoms with E-state index in [2.05, 4.69) is 19.5 Å². The molecule has 0 spiro atoms. The third-order valence-corrected chi connectivity index (χ3v) is 7.72. The van der Waals surface area contributed by atoms with Gasteiger partial charge in [-0.2, -0.15) is 0 Å². The molecule has 2 fully saturated rings. The number of ether oxygens (including phenoxy) is 2. The molecule has 2 saturated heterocycles. The van der Waals surface area contributed by atoms with E-state index in [1.165, 1.54) is 35.9 Å². The Bertz CT molecular complexity index is 1560. The van der Waals surface area contributed by atoms with Crippen molar-refractivity contribution in [3.8, 4) is 0 Å². The number of aromatic nitrogens is 5. The van der Waals surface area contributed by atoms with Crippen LogP contribution in [-0.4, -0.2) is 81.5 Å². The second-order valence-electron chi connectivity index (χ2n) is 9.10. The summed E-state index contributed by atoms with van der Waals surface area (Å²) in [5.74, 6) is 0.132. The number of nitrogens with zero attached hydrogens (tertiary/aromatic N) is 5. The van der Waals surface area contributed by atoms with Gasteiger partial charge in [-0.1, -0.05) is 0 Å². The van der Waals surface area contributed by atoms with Gasteiger partial charge in [0.25, 0.3) is 5.56 Å². The van der Waals surface area contributed by atoms with Crippen molar-refractivity contribution in [1.82, 2.24) is 24.1 Å². The summed E-state index contributed by atoms with van der Waals surface area (Å²) in [6, 6.07) is 2.56. The summed E-state index contributed by atoms with van der Waals surface area (Å²) < 4.78 is 52.9. The standard InChI is InChI=1S/C20H26N7O12P2/c21-10-1-2-26(15(29)3-10)16-5-13(14(38-16)7-35-40(30,31)32)39-41(33,34)36-6-11-4-12(28)20(37-11)27-9-25-17-18(22)23-8-24-19(17)27/h1-4,8-9,11-14,16,20,28H,5-7,21H2,(H,33,34)(H2,22,23,24)(H2,30,31,32)/t11-,12+,13-,14+,16+,20+/m0/s1. The number of nitrogens with two attached hydrogens (primary N) is 2. The minimum atomic E-state index is -4.93. The van der Waals surface area contributed by atoms with Crippen molar-refractivity contribution in [1.29, 1.82) is 0 Å². The highest BCUT2D eigenvalue weighted by molar-refractivity contribution is 7.47. The van der Waals surface area contributed by atoms with Crippen molar-refractivity contribution in [3.63, 3.8) is 0 Å². The molecule has 3 aromatic heterocycles. The third kappa shape index (κ3) is 6.82. The SMILES string of the molecule is Nc1ccn([C@H]2C[C@H](OP(=O)(O)OC[C@@H]3[CH][C@@H](O)[C@H](n4cnc5c(N)ncnc54)O3)[C@@H](COP(=O)(O)O)O2)c(=O)c1. The quantitative estimate of drug-likeness (QED) is 0.152. The number of hydrogen-bond acceptors (Lipinski definition) is 14. The second-order valence-corrected chi connectivity index (χ2v) is 11.7. The summed E-state index contributed by atoms with van der Waals surface area (Å²) >= 11 is 0. The normalized spacial score (nSPS) is 28.3. The number of pyridine rings is 1. The maximum Gasteiger partial charge on any atom is 0.472 e. The Labute approximate surface area is 230 Å². The number of phosphoric ester groups is 2. The first-order chi connectivity index (χ1) is 19.3. The smallest absolute Gasteiger partial charge is 0.399 e. The number of anilines is 2. The highest BCUT2D eigenvalue weighted by Crippen LogP contribution is 2.49. The van der Waals surface area contributed by atoms with Crippen molar-refractivity contribution >= 4 is 38.3 Å². The van der Waals surface area contributed by atoms with Crippen LogP contribution in [0.2, 0.25) is 0 Å². The zero-order chi connectivity index (χ0) is 29.5. The maximum absolute atomic E-state index is 12.8. The number of rotatable bonds is 10. The fourth-order valence-electron chi connectivity index (χ4n) is 4.42. The van der Waals surface area contributed by atoms with E-state index < -0.39 is 71.3 Å². The molecule has 3 aromatic rings. The molecule has 41 heavy (non-hydrogen) atoms. The first-order valence-corrected chi connectivity index (χ1v) is 14.9. The molecule has 19 nitrogen and oxygen atoms in total. The summed E-state index contributed by atoms with van der Waals surface area (Å²) in [5, 5.41) is 10.5. The van der Waals surface area contributed by atoms with Crippen LogP contribution in [0.25, 0.3) is 11.2 Å². The lowest BCUT2D eigenvalue weighted by Gasteiger charge is -2.22. The Balaban J connectivity index is 1.24. The van der Waals surface area contributed by atoms with Gasteiger partial charge in [0.1, 0.15) is 36.4 Å². The van der Waals surface area contributed by atoms with Gasteiger partial charge in [-0.25, -0.2) is 24.1 Å². The Kier molecular flexibility index (Phi) is 8.30. The molecule has 5 heterocycles. The topological polar surface area (TPSA) is 279 Å². The zero-order valence-corrected chi connectivity index (χ0v) is 22.7. The molecule has 2 aliphatic rings. The summed E-state index contributed by atoms with van der Waals surface area (Å²) in [4.78, 5) is 53.0. The van der Waals surface area contributed by atoms with E-state index in [1.807, 2.05) is 0 Å². The Morgan fingerprint density at radius 2 is 1.85 bits per heavy atom. The van der Waals surface area contributed by atoms with Gasteiger partial charge < -0.3 is 40.7 Å². The first-order valence-electron chi connectivity index (χ1n) is 11.9. The third-order valence-electron chi connectivity index (χ3n) is 6.22. The van der Waals surface area contributed by atoms with E-state index in [0.29, 0.717) is 11.2 Å². The van der Waals surface area contributed by atoms with Gasteiger partial charge in [0.05, 0.1) is 25.6 Å². The molecule has 0 aliphatic carbocycles. The average Bonchev–Trinajstić information content (AvgIpc) is 3.58. The molecule has 1 unspecified atom stereocenters. The van der Waals surface area contributed by atoms with Gasteiger partial charge in [0.2, 0.25) is 0 Å². The first kappa shape index (κ1) is 29.7. The van der Waals surface area contributed by atoms with Crippen LogP contribution in [0, 0.1) is 6.42 Å². The molecule has 1 radical (unpaired) electrons. The van der Waals surface area contributed by atoms with Gasteiger partial charge in [0.15, 0.2) is 17.7 Å². The van der Waals surface area contributed by atoms with Gasteiger partial charge in [-0.15, -0.1) is 0 Å². The number of fused-ring (bicyclic) bond motifs is 1. The van der Waals surface area contributed by atoms with Gasteiger partial charge in [-0.05, 0) is 6.07 Å². The highest BCUT2D eigenvalue weighted by Gasteiger charge is 2.44. The summed E-state index contributed by atoms with van der Waals surface area (Å²) in [6.45, 7) is -1.25. The van der Waals surface area contributed by atoms with Crippen LogP contribution < -0.4 is 17.0 Å². The zero-order valence-electron chi connectivity index (χ0n) is 20.9. The van der Waals surface area contributed by atoms with E-state index in [1.54, 1.807) is 0 Å². The number of phosphoric acid groups is 2. The Morgan fingerprint density at radius 1 is 1.07 bits per heavy atom. The number of aliphatic hydroxyl groups is 1. The predicted octanol–water partition coefficient (Wildman–Crippen LogP) is -0.786. The minimum absolute atomic E-state index is 0.132. The molecule has 0 saturated carbocycles. The molecule has 8 N–H and O–H groups in total. The van der Waals surface area contributed by atoms with Crippen molar-refractivity contribution in [2.24, 2.45) is 0 Å². The van der Waals surface area contributed by atoms with Crippen molar-refractivity contribution < 1.29 is 52.0 Å².